The van der Waals surface area contributed by atoms with E-state index in [-0.39, 0.29) is 11.6 Å². The van der Waals surface area contributed by atoms with Crippen molar-refractivity contribution in [3.8, 4) is 12.1 Å². The zero-order valence-corrected chi connectivity index (χ0v) is 11.8. The van der Waals surface area contributed by atoms with Crippen LogP contribution in [0.3, 0.4) is 0 Å². The van der Waals surface area contributed by atoms with Gasteiger partial charge in [-0.3, -0.25) is 0 Å². The van der Waals surface area contributed by atoms with Crippen LogP contribution in [-0.4, -0.2) is 0 Å². The lowest BCUT2D eigenvalue weighted by Gasteiger charge is -2.18. The second kappa shape index (κ2) is 6.07. The Kier molecular flexibility index (Phi) is 4.21. The Bertz CT molecular complexity index is 754. The van der Waals surface area contributed by atoms with Gasteiger partial charge < -0.3 is 5.32 Å². The fourth-order valence-electron chi connectivity index (χ4n) is 2.09. The van der Waals surface area contributed by atoms with Crippen molar-refractivity contribution in [3.05, 3.63) is 64.5 Å². The van der Waals surface area contributed by atoms with Gasteiger partial charge in [-0.05, 0) is 43.7 Å². The lowest BCUT2D eigenvalue weighted by molar-refractivity contribution is 0.618. The summed E-state index contributed by atoms with van der Waals surface area (Å²) in [4.78, 5) is 0. The van der Waals surface area contributed by atoms with E-state index in [1.807, 2.05) is 25.1 Å². The van der Waals surface area contributed by atoms with Gasteiger partial charge in [-0.25, -0.2) is 4.39 Å². The first kappa shape index (κ1) is 14.6. The van der Waals surface area contributed by atoms with E-state index in [4.69, 9.17) is 10.5 Å². The van der Waals surface area contributed by atoms with Crippen LogP contribution in [0.4, 0.5) is 10.1 Å². The van der Waals surface area contributed by atoms with E-state index in [2.05, 4.69) is 11.4 Å². The van der Waals surface area contributed by atoms with Crippen LogP contribution in [0.1, 0.15) is 35.2 Å². The highest BCUT2D eigenvalue weighted by atomic mass is 19.1. The molecule has 1 N–H and O–H groups in total. The number of hydrogen-bond acceptors (Lipinski definition) is 3. The second-order valence-corrected chi connectivity index (χ2v) is 4.85. The topological polar surface area (TPSA) is 59.6 Å². The summed E-state index contributed by atoms with van der Waals surface area (Å²) in [6.07, 6.45) is 0. The SMILES string of the molecule is Cc1c(F)cc(C#N)cc1NC(C)c1cccc(C#N)c1. The molecular formula is C17H14FN3. The average molecular weight is 279 g/mol. The Morgan fingerprint density at radius 1 is 1.10 bits per heavy atom. The Morgan fingerprint density at radius 3 is 2.48 bits per heavy atom. The fraction of sp³-hybridized carbons (Fsp3) is 0.176. The molecule has 0 aromatic heterocycles. The standard InChI is InChI=1S/C17H14FN3/c1-11-16(18)7-14(10-20)8-17(11)21-12(2)15-5-3-4-13(6-15)9-19/h3-8,12,21H,1-2H3. The van der Waals surface area contributed by atoms with E-state index in [1.54, 1.807) is 25.1 Å². The van der Waals surface area contributed by atoms with E-state index in [1.165, 1.54) is 6.07 Å². The predicted octanol–water partition coefficient (Wildman–Crippen LogP) is 4.05. The van der Waals surface area contributed by atoms with Crippen LogP contribution in [-0.2, 0) is 0 Å². The average Bonchev–Trinajstić information content (AvgIpc) is 2.51. The largest absolute Gasteiger partial charge is 0.378 e. The van der Waals surface area contributed by atoms with Gasteiger partial charge in [0.15, 0.2) is 0 Å². The monoisotopic (exact) mass is 279 g/mol. The molecule has 0 radical (unpaired) electrons. The summed E-state index contributed by atoms with van der Waals surface area (Å²) < 4.78 is 13.8. The molecule has 4 heteroatoms. The van der Waals surface area contributed by atoms with Crippen molar-refractivity contribution in [2.24, 2.45) is 0 Å². The minimum Gasteiger partial charge on any atom is -0.378 e. The van der Waals surface area contributed by atoms with Gasteiger partial charge in [-0.1, -0.05) is 12.1 Å². The number of nitrogens with one attached hydrogen (secondary N) is 1. The zero-order valence-electron chi connectivity index (χ0n) is 11.8. The molecule has 0 bridgehead atoms. The van der Waals surface area contributed by atoms with Crippen LogP contribution >= 0.6 is 0 Å². The molecule has 21 heavy (non-hydrogen) atoms. The molecule has 0 aliphatic rings. The quantitative estimate of drug-likeness (QED) is 0.922. The number of hydrogen-bond donors (Lipinski definition) is 1. The van der Waals surface area contributed by atoms with Crippen LogP contribution < -0.4 is 5.32 Å². The zero-order chi connectivity index (χ0) is 15.4. The third-order valence-corrected chi connectivity index (χ3v) is 3.36. The van der Waals surface area contributed by atoms with Crippen LogP contribution in [0.5, 0.6) is 0 Å². The summed E-state index contributed by atoms with van der Waals surface area (Å²) in [5.74, 6) is -0.408. The maximum absolute atomic E-state index is 13.8. The van der Waals surface area contributed by atoms with Gasteiger partial charge in [0, 0.05) is 17.3 Å². The molecule has 0 aliphatic heterocycles. The number of halogens is 1. The number of benzene rings is 2. The highest BCUT2D eigenvalue weighted by Crippen LogP contribution is 2.25. The molecule has 2 aromatic rings. The third-order valence-electron chi connectivity index (χ3n) is 3.36. The molecule has 3 nitrogen and oxygen atoms in total. The van der Waals surface area contributed by atoms with E-state index in [0.717, 1.165) is 5.56 Å². The first-order chi connectivity index (χ1) is 10.0. The maximum atomic E-state index is 13.8. The van der Waals surface area contributed by atoms with E-state index >= 15 is 0 Å². The van der Waals surface area contributed by atoms with Gasteiger partial charge in [0.25, 0.3) is 0 Å². The normalized spacial score (nSPS) is 11.3. The first-order valence-electron chi connectivity index (χ1n) is 6.52. The van der Waals surface area contributed by atoms with Crippen LogP contribution in [0.2, 0.25) is 0 Å². The molecule has 0 saturated heterocycles. The highest BCUT2D eigenvalue weighted by Gasteiger charge is 2.11. The summed E-state index contributed by atoms with van der Waals surface area (Å²) in [5, 5.41) is 21.0. The molecule has 1 atom stereocenters. The molecular weight excluding hydrogens is 265 g/mol. The molecule has 0 heterocycles. The van der Waals surface area contributed by atoms with E-state index < -0.39 is 5.82 Å². The molecule has 0 spiro atoms. The van der Waals surface area contributed by atoms with Crippen molar-refractivity contribution in [2.75, 3.05) is 5.32 Å². The Balaban J connectivity index is 2.31. The van der Waals surface area contributed by atoms with Crippen LogP contribution in [0.25, 0.3) is 0 Å². The number of rotatable bonds is 3. The molecule has 0 amide bonds. The van der Waals surface area contributed by atoms with Crippen molar-refractivity contribution in [3.63, 3.8) is 0 Å². The van der Waals surface area contributed by atoms with Gasteiger partial charge in [0.2, 0.25) is 0 Å². The van der Waals surface area contributed by atoms with Crippen molar-refractivity contribution in [1.29, 1.82) is 10.5 Å². The minimum atomic E-state index is -0.408. The summed E-state index contributed by atoms with van der Waals surface area (Å²) in [6, 6.07) is 14.0. The van der Waals surface area contributed by atoms with Gasteiger partial charge in [-0.2, -0.15) is 10.5 Å². The van der Waals surface area contributed by atoms with E-state index in [0.29, 0.717) is 16.8 Å². The molecule has 1 unspecified atom stereocenters. The maximum Gasteiger partial charge on any atom is 0.129 e. The third kappa shape index (κ3) is 3.19. The summed E-state index contributed by atoms with van der Waals surface area (Å²) in [7, 11) is 0. The van der Waals surface area contributed by atoms with E-state index in [9.17, 15) is 4.39 Å². The predicted molar refractivity (Wildman–Crippen MR) is 79.0 cm³/mol. The van der Waals surface area contributed by atoms with Gasteiger partial charge in [-0.15, -0.1) is 0 Å². The Hall–Kier alpha value is -2.85. The summed E-state index contributed by atoms with van der Waals surface area (Å²) in [6.45, 7) is 3.59. The number of nitrogens with zero attached hydrogens (tertiary/aromatic N) is 2. The van der Waals surface area contributed by atoms with Crippen LogP contribution in [0, 0.1) is 35.4 Å². The lowest BCUT2D eigenvalue weighted by atomic mass is 10.0. The van der Waals surface area contributed by atoms with Crippen molar-refractivity contribution in [1.82, 2.24) is 0 Å². The van der Waals surface area contributed by atoms with Crippen molar-refractivity contribution in [2.45, 2.75) is 19.9 Å². The Labute approximate surface area is 123 Å². The highest BCUT2D eigenvalue weighted by molar-refractivity contribution is 5.57. The molecule has 0 aliphatic carbocycles. The van der Waals surface area contributed by atoms with Gasteiger partial charge in [0.1, 0.15) is 5.82 Å². The Morgan fingerprint density at radius 2 is 1.81 bits per heavy atom. The van der Waals surface area contributed by atoms with Gasteiger partial charge in [0.05, 0.1) is 23.3 Å². The van der Waals surface area contributed by atoms with Gasteiger partial charge >= 0.3 is 0 Å². The molecule has 2 rings (SSSR count). The fourth-order valence-corrected chi connectivity index (χ4v) is 2.09. The summed E-state index contributed by atoms with van der Waals surface area (Å²) >= 11 is 0. The molecule has 2 aromatic carbocycles. The smallest absolute Gasteiger partial charge is 0.129 e. The lowest BCUT2D eigenvalue weighted by Crippen LogP contribution is -2.09. The molecule has 0 fully saturated rings. The van der Waals surface area contributed by atoms with Crippen LogP contribution in [0.15, 0.2) is 36.4 Å². The second-order valence-electron chi connectivity index (χ2n) is 4.85. The number of anilines is 1. The molecule has 104 valence electrons. The first-order valence-corrected chi connectivity index (χ1v) is 6.52. The minimum absolute atomic E-state index is 0.106. The van der Waals surface area contributed by atoms with Crippen molar-refractivity contribution >= 4 is 5.69 Å². The summed E-state index contributed by atoms with van der Waals surface area (Å²) in [5.41, 5.74) is 2.84. The van der Waals surface area contributed by atoms with Crippen molar-refractivity contribution < 1.29 is 4.39 Å². The molecule has 0 saturated carbocycles. The number of nitriles is 2.